The third-order valence-corrected chi connectivity index (χ3v) is 4.30. The van der Waals surface area contributed by atoms with Crippen molar-refractivity contribution in [3.8, 4) is 0 Å². The molecule has 3 rings (SSSR count). The van der Waals surface area contributed by atoms with Crippen LogP contribution in [0.25, 0.3) is 5.65 Å². The highest BCUT2D eigenvalue weighted by Crippen LogP contribution is 2.30. The van der Waals surface area contributed by atoms with Gasteiger partial charge < -0.3 is 5.32 Å². The fourth-order valence-electron chi connectivity index (χ4n) is 3.15. The minimum atomic E-state index is 0.508. The average Bonchev–Trinajstić information content (AvgIpc) is 2.77. The number of aromatic nitrogens is 3. The van der Waals surface area contributed by atoms with Gasteiger partial charge >= 0.3 is 0 Å². The molecule has 0 aromatic carbocycles. The van der Waals surface area contributed by atoms with Crippen molar-refractivity contribution in [2.24, 2.45) is 11.8 Å². The maximum atomic E-state index is 4.60. The van der Waals surface area contributed by atoms with Crippen LogP contribution < -0.4 is 5.32 Å². The predicted octanol–water partition coefficient (Wildman–Crippen LogP) is 3.27. The Balaban J connectivity index is 1.80. The molecule has 0 bridgehead atoms. The lowest BCUT2D eigenvalue weighted by atomic mass is 9.80. The van der Waals surface area contributed by atoms with E-state index in [1.54, 1.807) is 0 Å². The number of nitrogens with one attached hydrogen (secondary N) is 1. The molecule has 1 N–H and O–H groups in total. The van der Waals surface area contributed by atoms with E-state index in [1.165, 1.54) is 19.3 Å². The molecule has 1 aliphatic carbocycles. The molecule has 2 aromatic heterocycles. The summed E-state index contributed by atoms with van der Waals surface area (Å²) in [5.74, 6) is 2.31. The Bertz CT molecular complexity index is 575. The Kier molecular flexibility index (Phi) is 3.17. The number of anilines is 1. The van der Waals surface area contributed by atoms with Crippen molar-refractivity contribution < 1.29 is 0 Å². The van der Waals surface area contributed by atoms with Crippen LogP contribution in [0.15, 0.2) is 18.3 Å². The van der Waals surface area contributed by atoms with Gasteiger partial charge in [-0.1, -0.05) is 19.9 Å². The van der Waals surface area contributed by atoms with E-state index in [9.17, 15) is 0 Å². The first-order chi connectivity index (χ1) is 9.13. The van der Waals surface area contributed by atoms with Crippen LogP contribution >= 0.6 is 0 Å². The molecule has 1 aliphatic rings. The zero-order chi connectivity index (χ0) is 13.4. The Morgan fingerprint density at radius 3 is 2.89 bits per heavy atom. The highest BCUT2D eigenvalue weighted by atomic mass is 15.3. The van der Waals surface area contributed by atoms with Crippen molar-refractivity contribution in [2.75, 3.05) is 5.32 Å². The minimum Gasteiger partial charge on any atom is -0.350 e. The van der Waals surface area contributed by atoms with E-state index >= 15 is 0 Å². The van der Waals surface area contributed by atoms with Gasteiger partial charge in [-0.05, 0) is 49.7 Å². The van der Waals surface area contributed by atoms with Gasteiger partial charge in [0, 0.05) is 12.2 Å². The lowest BCUT2D eigenvalue weighted by Crippen LogP contribution is -2.33. The lowest BCUT2D eigenvalue weighted by molar-refractivity contribution is 0.276. The summed E-state index contributed by atoms with van der Waals surface area (Å²) in [4.78, 5) is 4.60. The van der Waals surface area contributed by atoms with Gasteiger partial charge in [0.1, 0.15) is 0 Å². The summed E-state index contributed by atoms with van der Waals surface area (Å²) >= 11 is 0. The van der Waals surface area contributed by atoms with Gasteiger partial charge in [0.05, 0.1) is 0 Å². The minimum absolute atomic E-state index is 0.508. The quantitative estimate of drug-likeness (QED) is 0.899. The first-order valence-electron chi connectivity index (χ1n) is 7.22. The van der Waals surface area contributed by atoms with E-state index in [0.717, 1.165) is 23.1 Å². The molecule has 19 heavy (non-hydrogen) atoms. The third-order valence-electron chi connectivity index (χ3n) is 4.30. The summed E-state index contributed by atoms with van der Waals surface area (Å²) in [6.45, 7) is 6.74. The van der Waals surface area contributed by atoms with Gasteiger partial charge in [-0.15, -0.1) is 5.10 Å². The molecule has 0 spiro atoms. The highest BCUT2D eigenvalue weighted by molar-refractivity contribution is 5.50. The number of rotatable bonds is 2. The second-order valence-corrected chi connectivity index (χ2v) is 6.04. The smallest absolute Gasteiger partial charge is 0.243 e. The van der Waals surface area contributed by atoms with E-state index in [1.807, 2.05) is 16.8 Å². The molecule has 2 heterocycles. The molecule has 0 amide bonds. The van der Waals surface area contributed by atoms with E-state index in [0.29, 0.717) is 12.0 Å². The summed E-state index contributed by atoms with van der Waals surface area (Å²) in [5.41, 5.74) is 2.11. The van der Waals surface area contributed by atoms with Crippen molar-refractivity contribution in [3.05, 3.63) is 23.9 Å². The van der Waals surface area contributed by atoms with E-state index < -0.39 is 0 Å². The molecule has 2 aromatic rings. The first kappa shape index (κ1) is 12.5. The molecule has 1 saturated carbocycles. The Labute approximate surface area is 114 Å². The Morgan fingerprint density at radius 1 is 1.32 bits per heavy atom. The number of fused-ring (bicyclic) bond motifs is 1. The van der Waals surface area contributed by atoms with Crippen LogP contribution in [0.1, 0.15) is 38.7 Å². The molecule has 3 atom stereocenters. The normalized spacial score (nSPS) is 27.6. The molecular formula is C15H22N4. The molecule has 0 saturated heterocycles. The molecule has 0 radical (unpaired) electrons. The summed E-state index contributed by atoms with van der Waals surface area (Å²) in [7, 11) is 0. The van der Waals surface area contributed by atoms with Gasteiger partial charge in [0.15, 0.2) is 5.65 Å². The Morgan fingerprint density at radius 2 is 2.16 bits per heavy atom. The fourth-order valence-corrected chi connectivity index (χ4v) is 3.15. The molecular weight excluding hydrogens is 236 g/mol. The average molecular weight is 258 g/mol. The van der Waals surface area contributed by atoms with Crippen molar-refractivity contribution in [2.45, 2.75) is 46.1 Å². The highest BCUT2D eigenvalue weighted by Gasteiger charge is 2.26. The van der Waals surface area contributed by atoms with Gasteiger partial charge in [-0.2, -0.15) is 4.98 Å². The summed E-state index contributed by atoms with van der Waals surface area (Å²) in [6.07, 6.45) is 5.77. The van der Waals surface area contributed by atoms with E-state index in [-0.39, 0.29) is 0 Å². The summed E-state index contributed by atoms with van der Waals surface area (Å²) < 4.78 is 1.85. The predicted molar refractivity (Wildman–Crippen MR) is 77.3 cm³/mol. The second-order valence-electron chi connectivity index (χ2n) is 6.04. The molecule has 1 fully saturated rings. The first-order valence-corrected chi connectivity index (χ1v) is 7.22. The van der Waals surface area contributed by atoms with Gasteiger partial charge in [-0.3, -0.25) is 0 Å². The fraction of sp³-hybridized carbons (Fsp3) is 0.600. The number of hydrogen-bond donors (Lipinski definition) is 1. The summed E-state index contributed by atoms with van der Waals surface area (Å²) in [5, 5.41) is 8.04. The summed E-state index contributed by atoms with van der Waals surface area (Å²) in [6, 6.07) is 4.58. The largest absolute Gasteiger partial charge is 0.350 e. The number of pyridine rings is 1. The van der Waals surface area contributed by atoms with Crippen LogP contribution in [0.5, 0.6) is 0 Å². The standard InChI is InChI=1S/C15H22N4/c1-10-6-7-13(12(3)9-10)16-15-17-14-11(2)5-4-8-19(14)18-15/h4-5,8,10,12-13H,6-7,9H2,1-3H3,(H,16,18). The molecule has 4 nitrogen and oxygen atoms in total. The molecule has 102 valence electrons. The number of nitrogens with zero attached hydrogens (tertiary/aromatic N) is 3. The van der Waals surface area contributed by atoms with Gasteiger partial charge in [0.25, 0.3) is 0 Å². The third kappa shape index (κ3) is 2.44. The molecule has 3 unspecified atom stereocenters. The topological polar surface area (TPSA) is 42.2 Å². The Hall–Kier alpha value is -1.58. The van der Waals surface area contributed by atoms with E-state index in [2.05, 4.69) is 42.2 Å². The van der Waals surface area contributed by atoms with Crippen LogP contribution in [-0.4, -0.2) is 20.6 Å². The molecule has 4 heteroatoms. The SMILES string of the molecule is Cc1cccn2nc(NC3CCC(C)CC3C)nc12. The molecule has 0 aliphatic heterocycles. The number of aryl methyl sites for hydroxylation is 1. The van der Waals surface area contributed by atoms with Crippen LogP contribution in [0, 0.1) is 18.8 Å². The van der Waals surface area contributed by atoms with Crippen LogP contribution in [0.2, 0.25) is 0 Å². The lowest BCUT2D eigenvalue weighted by Gasteiger charge is -2.32. The zero-order valence-electron chi connectivity index (χ0n) is 11.9. The van der Waals surface area contributed by atoms with Crippen molar-refractivity contribution in [1.29, 1.82) is 0 Å². The monoisotopic (exact) mass is 258 g/mol. The van der Waals surface area contributed by atoms with Crippen LogP contribution in [0.3, 0.4) is 0 Å². The maximum absolute atomic E-state index is 4.60. The van der Waals surface area contributed by atoms with Crippen molar-refractivity contribution in [1.82, 2.24) is 14.6 Å². The van der Waals surface area contributed by atoms with Crippen molar-refractivity contribution >= 4 is 11.6 Å². The second kappa shape index (κ2) is 4.83. The van der Waals surface area contributed by atoms with Crippen LogP contribution in [-0.2, 0) is 0 Å². The van der Waals surface area contributed by atoms with Crippen LogP contribution in [0.4, 0.5) is 5.95 Å². The van der Waals surface area contributed by atoms with E-state index in [4.69, 9.17) is 0 Å². The van der Waals surface area contributed by atoms with Gasteiger partial charge in [-0.25, -0.2) is 4.52 Å². The van der Waals surface area contributed by atoms with Gasteiger partial charge in [0.2, 0.25) is 5.95 Å². The number of hydrogen-bond acceptors (Lipinski definition) is 3. The van der Waals surface area contributed by atoms with Crippen molar-refractivity contribution in [3.63, 3.8) is 0 Å². The zero-order valence-corrected chi connectivity index (χ0v) is 11.9. The maximum Gasteiger partial charge on any atom is 0.243 e.